The van der Waals surface area contributed by atoms with Crippen LogP contribution in [0.4, 0.5) is 0 Å². The topological polar surface area (TPSA) is 52.5 Å². The van der Waals surface area contributed by atoms with Crippen LogP contribution in [0.25, 0.3) is 0 Å². The van der Waals surface area contributed by atoms with Crippen LogP contribution in [-0.4, -0.2) is 28.9 Å². The van der Waals surface area contributed by atoms with Crippen LogP contribution >= 0.6 is 0 Å². The minimum absolute atomic E-state index is 0.457. The highest BCUT2D eigenvalue weighted by molar-refractivity contribution is 5.17. The van der Waals surface area contributed by atoms with Crippen LogP contribution in [0.1, 0.15) is 38.9 Å². The van der Waals surface area contributed by atoms with E-state index in [0.717, 1.165) is 12.0 Å². The Kier molecular flexibility index (Phi) is 5.79. The molecule has 0 bridgehead atoms. The van der Waals surface area contributed by atoms with E-state index in [1.807, 2.05) is 37.3 Å². The predicted octanol–water partition coefficient (Wildman–Crippen LogP) is 2.11. The molecule has 0 heterocycles. The summed E-state index contributed by atoms with van der Waals surface area (Å²) >= 11 is 0. The van der Waals surface area contributed by atoms with Crippen molar-refractivity contribution in [3.63, 3.8) is 0 Å². The number of hydrogen-bond donors (Lipinski definition) is 3. The summed E-state index contributed by atoms with van der Waals surface area (Å²) in [5.41, 5.74) is 0.179. The van der Waals surface area contributed by atoms with E-state index in [-0.39, 0.29) is 0 Å². The van der Waals surface area contributed by atoms with E-state index in [9.17, 15) is 10.2 Å². The third kappa shape index (κ3) is 5.63. The maximum absolute atomic E-state index is 10.1. The summed E-state index contributed by atoms with van der Waals surface area (Å²) in [4.78, 5) is 0. The first kappa shape index (κ1) is 15.2. The second kappa shape index (κ2) is 6.88. The maximum atomic E-state index is 10.1. The van der Waals surface area contributed by atoms with Crippen LogP contribution < -0.4 is 5.32 Å². The van der Waals surface area contributed by atoms with Gasteiger partial charge in [0.1, 0.15) is 0 Å². The Morgan fingerprint density at radius 2 is 1.83 bits per heavy atom. The normalized spacial score (nSPS) is 16.6. The molecule has 3 N–H and O–H groups in total. The summed E-state index contributed by atoms with van der Waals surface area (Å²) in [5, 5.41) is 23.2. The van der Waals surface area contributed by atoms with Crippen molar-refractivity contribution in [2.45, 2.75) is 38.9 Å². The fourth-order valence-electron chi connectivity index (χ4n) is 2.22. The molecule has 0 saturated heterocycles. The van der Waals surface area contributed by atoms with Gasteiger partial charge in [-0.15, -0.1) is 0 Å². The lowest BCUT2D eigenvalue weighted by Gasteiger charge is -2.26. The minimum atomic E-state index is -0.718. The summed E-state index contributed by atoms with van der Waals surface area (Å²) < 4.78 is 0. The van der Waals surface area contributed by atoms with Gasteiger partial charge in [0.25, 0.3) is 0 Å². The summed E-state index contributed by atoms with van der Waals surface area (Å²) in [6.07, 6.45) is 0.225. The molecule has 0 amide bonds. The largest absolute Gasteiger partial charge is 0.389 e. The Morgan fingerprint density at radius 1 is 1.22 bits per heavy atom. The molecule has 0 fully saturated rings. The molecular formula is C15H25NO2. The minimum Gasteiger partial charge on any atom is -0.389 e. The molecule has 0 radical (unpaired) electrons. The van der Waals surface area contributed by atoms with Crippen LogP contribution in [0.15, 0.2) is 30.3 Å². The lowest BCUT2D eigenvalue weighted by Crippen LogP contribution is -2.40. The molecule has 3 heteroatoms. The summed E-state index contributed by atoms with van der Waals surface area (Å²) in [6, 6.07) is 9.55. The monoisotopic (exact) mass is 251 g/mol. The highest BCUT2D eigenvalue weighted by Gasteiger charge is 2.21. The summed E-state index contributed by atoms with van der Waals surface area (Å²) in [5.74, 6) is 0.459. The number of aliphatic hydroxyl groups excluding tert-OH is 1. The van der Waals surface area contributed by atoms with E-state index in [2.05, 4.69) is 19.2 Å². The molecule has 0 aliphatic carbocycles. The SMILES string of the molecule is CC(C)CC(C)(O)CNCC(O)c1ccccc1. The molecule has 3 nitrogen and oxygen atoms in total. The van der Waals surface area contributed by atoms with Crippen LogP contribution in [0.2, 0.25) is 0 Å². The first-order chi connectivity index (χ1) is 8.41. The molecule has 2 atom stereocenters. The van der Waals surface area contributed by atoms with Gasteiger partial charge in [0.2, 0.25) is 0 Å². The van der Waals surface area contributed by atoms with E-state index < -0.39 is 11.7 Å². The fourth-order valence-corrected chi connectivity index (χ4v) is 2.22. The Balaban J connectivity index is 2.33. The molecule has 1 aromatic carbocycles. The van der Waals surface area contributed by atoms with Crippen molar-refractivity contribution in [3.8, 4) is 0 Å². The molecule has 0 aliphatic heterocycles. The molecule has 2 unspecified atom stereocenters. The maximum Gasteiger partial charge on any atom is 0.0914 e. The molecule has 0 spiro atoms. The van der Waals surface area contributed by atoms with Gasteiger partial charge >= 0.3 is 0 Å². The molecular weight excluding hydrogens is 226 g/mol. The molecule has 1 aromatic rings. The van der Waals surface area contributed by atoms with Crippen molar-refractivity contribution in [1.82, 2.24) is 5.32 Å². The third-order valence-corrected chi connectivity index (χ3v) is 2.88. The van der Waals surface area contributed by atoms with E-state index in [1.54, 1.807) is 0 Å². The zero-order valence-corrected chi connectivity index (χ0v) is 11.6. The number of rotatable bonds is 7. The van der Waals surface area contributed by atoms with Gasteiger partial charge in [0, 0.05) is 13.1 Å². The molecule has 18 heavy (non-hydrogen) atoms. The molecule has 102 valence electrons. The third-order valence-electron chi connectivity index (χ3n) is 2.88. The number of hydrogen-bond acceptors (Lipinski definition) is 3. The Labute approximate surface area is 110 Å². The van der Waals surface area contributed by atoms with Crippen molar-refractivity contribution >= 4 is 0 Å². The lowest BCUT2D eigenvalue weighted by atomic mass is 9.94. The summed E-state index contributed by atoms with van der Waals surface area (Å²) in [6.45, 7) is 6.96. The Morgan fingerprint density at radius 3 is 2.39 bits per heavy atom. The van der Waals surface area contributed by atoms with Crippen molar-refractivity contribution in [3.05, 3.63) is 35.9 Å². The highest BCUT2D eigenvalue weighted by Crippen LogP contribution is 2.16. The Bertz CT molecular complexity index is 336. The second-order valence-corrected chi connectivity index (χ2v) is 5.65. The van der Waals surface area contributed by atoms with Gasteiger partial charge in [-0.2, -0.15) is 0 Å². The Hall–Kier alpha value is -0.900. The average molecular weight is 251 g/mol. The van der Waals surface area contributed by atoms with Gasteiger partial charge in [0.15, 0.2) is 0 Å². The van der Waals surface area contributed by atoms with Crippen molar-refractivity contribution in [2.75, 3.05) is 13.1 Å². The molecule has 1 rings (SSSR count). The van der Waals surface area contributed by atoms with E-state index in [0.29, 0.717) is 19.0 Å². The quantitative estimate of drug-likeness (QED) is 0.695. The van der Waals surface area contributed by atoms with Gasteiger partial charge < -0.3 is 15.5 Å². The zero-order valence-electron chi connectivity index (χ0n) is 11.6. The van der Waals surface area contributed by atoms with Crippen molar-refractivity contribution < 1.29 is 10.2 Å². The first-order valence-electron chi connectivity index (χ1n) is 6.57. The van der Waals surface area contributed by atoms with Gasteiger partial charge in [-0.05, 0) is 24.8 Å². The number of benzene rings is 1. The van der Waals surface area contributed by atoms with Crippen molar-refractivity contribution in [2.24, 2.45) is 5.92 Å². The predicted molar refractivity (Wildman–Crippen MR) is 74.4 cm³/mol. The standard InChI is InChI=1S/C15H25NO2/c1-12(2)9-15(3,18)11-16-10-14(17)13-7-5-4-6-8-13/h4-8,12,14,16-18H,9-11H2,1-3H3. The fraction of sp³-hybridized carbons (Fsp3) is 0.600. The van der Waals surface area contributed by atoms with E-state index in [4.69, 9.17) is 0 Å². The van der Waals surface area contributed by atoms with Crippen LogP contribution in [0.5, 0.6) is 0 Å². The summed E-state index contributed by atoms with van der Waals surface area (Å²) in [7, 11) is 0. The first-order valence-corrected chi connectivity index (χ1v) is 6.57. The molecule has 0 saturated carbocycles. The number of nitrogens with one attached hydrogen (secondary N) is 1. The molecule has 0 aromatic heterocycles. The van der Waals surface area contributed by atoms with E-state index >= 15 is 0 Å². The van der Waals surface area contributed by atoms with Crippen molar-refractivity contribution in [1.29, 1.82) is 0 Å². The van der Waals surface area contributed by atoms with Crippen LogP contribution in [-0.2, 0) is 0 Å². The van der Waals surface area contributed by atoms with Gasteiger partial charge in [-0.1, -0.05) is 44.2 Å². The zero-order chi connectivity index (χ0) is 13.6. The van der Waals surface area contributed by atoms with E-state index in [1.165, 1.54) is 0 Å². The van der Waals surface area contributed by atoms with Crippen LogP contribution in [0, 0.1) is 5.92 Å². The van der Waals surface area contributed by atoms with Gasteiger partial charge in [-0.3, -0.25) is 0 Å². The van der Waals surface area contributed by atoms with Gasteiger partial charge in [0.05, 0.1) is 11.7 Å². The lowest BCUT2D eigenvalue weighted by molar-refractivity contribution is 0.0352. The average Bonchev–Trinajstić information content (AvgIpc) is 2.28. The smallest absolute Gasteiger partial charge is 0.0914 e. The van der Waals surface area contributed by atoms with Crippen LogP contribution in [0.3, 0.4) is 0 Å². The number of aliphatic hydroxyl groups is 2. The second-order valence-electron chi connectivity index (χ2n) is 5.65. The molecule has 0 aliphatic rings. The van der Waals surface area contributed by atoms with Gasteiger partial charge in [-0.25, -0.2) is 0 Å². The highest BCUT2D eigenvalue weighted by atomic mass is 16.3.